The van der Waals surface area contributed by atoms with Crippen LogP contribution in [0.5, 0.6) is 5.75 Å². The third kappa shape index (κ3) is 7.44. The number of hydrogen-bond acceptors (Lipinski definition) is 4. The summed E-state index contributed by atoms with van der Waals surface area (Å²) >= 11 is 1.78. The predicted octanol–water partition coefficient (Wildman–Crippen LogP) is 7.65. The van der Waals surface area contributed by atoms with Gasteiger partial charge in [-0.15, -0.1) is 0 Å². The second-order valence-electron chi connectivity index (χ2n) is 9.05. The van der Waals surface area contributed by atoms with Gasteiger partial charge in [0.1, 0.15) is 12.1 Å². The van der Waals surface area contributed by atoms with Crippen molar-refractivity contribution in [2.45, 2.75) is 69.7 Å². The number of alkyl halides is 3. The molecule has 1 saturated carbocycles. The monoisotopic (exact) mass is 531 g/mol. The van der Waals surface area contributed by atoms with Gasteiger partial charge in [-0.05, 0) is 57.5 Å². The topological polar surface area (TPSA) is 38.3 Å². The van der Waals surface area contributed by atoms with Crippen molar-refractivity contribution in [3.63, 3.8) is 0 Å². The maximum atomic E-state index is 14.0. The Balaban J connectivity index is 0.000000217. The number of fused-ring (bicyclic) bond motifs is 3. The van der Waals surface area contributed by atoms with Crippen molar-refractivity contribution in [3.05, 3.63) is 64.7 Å². The minimum Gasteiger partial charge on any atom is -0.490 e. The van der Waals surface area contributed by atoms with Crippen LogP contribution in [0.3, 0.4) is 0 Å². The Morgan fingerprint density at radius 2 is 1.78 bits per heavy atom. The second kappa shape index (κ2) is 13.4. The minimum absolute atomic E-state index is 0.0347. The average Bonchev–Trinajstić information content (AvgIpc) is 2.86. The lowest BCUT2D eigenvalue weighted by molar-refractivity contribution is -0.137. The molecule has 4 rings (SSSR count). The van der Waals surface area contributed by atoms with Crippen LogP contribution in [-0.2, 0) is 16.4 Å². The van der Waals surface area contributed by atoms with Gasteiger partial charge in [0.05, 0.1) is 17.6 Å². The van der Waals surface area contributed by atoms with E-state index >= 15 is 0 Å². The summed E-state index contributed by atoms with van der Waals surface area (Å²) in [4.78, 5) is 11.6. The van der Waals surface area contributed by atoms with E-state index in [4.69, 9.17) is 4.74 Å². The largest absolute Gasteiger partial charge is 0.490 e. The second-order valence-corrected chi connectivity index (χ2v) is 10.5. The predicted molar refractivity (Wildman–Crippen MR) is 134 cm³/mol. The van der Waals surface area contributed by atoms with Gasteiger partial charge < -0.3 is 9.53 Å². The summed E-state index contributed by atoms with van der Waals surface area (Å²) in [5.74, 6) is -1.23. The van der Waals surface area contributed by atoms with Crippen molar-refractivity contribution in [3.8, 4) is 5.75 Å². The molecule has 9 heteroatoms. The number of ether oxygens (including phenoxy) is 1. The first kappa shape index (κ1) is 30.1. The molecule has 0 saturated heterocycles. The first-order valence-electron chi connectivity index (χ1n) is 12.0. The molecule has 1 fully saturated rings. The van der Waals surface area contributed by atoms with E-state index in [0.717, 1.165) is 60.6 Å². The zero-order valence-electron chi connectivity index (χ0n) is 21.1. The summed E-state index contributed by atoms with van der Waals surface area (Å²) in [6.07, 6.45) is 1.12. The molecule has 0 radical (unpaired) electrons. The van der Waals surface area contributed by atoms with E-state index in [9.17, 15) is 26.7 Å². The molecule has 1 aliphatic carbocycles. The quantitative estimate of drug-likeness (QED) is 0.250. The van der Waals surface area contributed by atoms with Crippen molar-refractivity contribution >= 4 is 18.2 Å². The fourth-order valence-electron chi connectivity index (χ4n) is 4.36. The number of rotatable bonds is 4. The third-order valence-electron chi connectivity index (χ3n) is 6.56. The van der Waals surface area contributed by atoms with Crippen molar-refractivity contribution in [2.24, 2.45) is 5.92 Å². The molecule has 3 nitrogen and oxygen atoms in total. The molecule has 1 aliphatic heterocycles. The van der Waals surface area contributed by atoms with E-state index in [1.807, 2.05) is 7.05 Å². The molecular weight excluding hydrogens is 497 g/mol. The zero-order valence-corrected chi connectivity index (χ0v) is 21.9. The van der Waals surface area contributed by atoms with Crippen LogP contribution in [-0.4, -0.2) is 25.2 Å². The molecule has 0 bridgehead atoms. The maximum Gasteiger partial charge on any atom is 0.416 e. The van der Waals surface area contributed by atoms with Crippen LogP contribution in [0.1, 0.15) is 62.6 Å². The summed E-state index contributed by atoms with van der Waals surface area (Å²) in [7, 11) is 1.96. The summed E-state index contributed by atoms with van der Waals surface area (Å²) in [5, 5.41) is 0.755. The van der Waals surface area contributed by atoms with Gasteiger partial charge in [0.25, 0.3) is 0 Å². The number of carbonyl (C=O) groups is 1. The van der Waals surface area contributed by atoms with E-state index in [0.29, 0.717) is 13.0 Å². The average molecular weight is 532 g/mol. The molecule has 0 amide bonds. The summed E-state index contributed by atoms with van der Waals surface area (Å²) in [6, 6.07) is 7.19. The molecule has 200 valence electrons. The van der Waals surface area contributed by atoms with E-state index in [1.165, 1.54) is 18.6 Å². The van der Waals surface area contributed by atoms with Crippen molar-refractivity contribution < 1.29 is 31.5 Å². The van der Waals surface area contributed by atoms with Crippen LogP contribution in [0.25, 0.3) is 0 Å². The van der Waals surface area contributed by atoms with Crippen LogP contribution in [0.15, 0.2) is 36.4 Å². The number of halogens is 5. The summed E-state index contributed by atoms with van der Waals surface area (Å²) in [5.41, 5.74) is -0.521. The number of benzene rings is 2. The van der Waals surface area contributed by atoms with Crippen molar-refractivity contribution in [1.29, 1.82) is 0 Å². The first-order chi connectivity index (χ1) is 17.0. The lowest BCUT2D eigenvalue weighted by atomic mass is 9.62. The van der Waals surface area contributed by atoms with E-state index in [2.05, 4.69) is 18.6 Å². The normalized spacial score (nSPS) is 21.3. The van der Waals surface area contributed by atoms with Gasteiger partial charge in [0.2, 0.25) is 0 Å². The molecule has 3 atom stereocenters. The number of aldehydes is 1. The Labute approximate surface area is 214 Å². The highest BCUT2D eigenvalue weighted by Gasteiger charge is 2.49. The fraction of sp³-hybridized carbons (Fsp3) is 0.519. The standard InChI is InChI=1S/C14H14F2O2.C8H7F3.C5H13NS/c15-10-4-5-11(16)13-12(10)14(8-17)6-2-1-3-9(14)7-18-13;1-6-2-4-7(5-3-6)8(9,10)11;1-4-5(2)7-6-3/h4-5,8-9H,1-3,6-7H2;2-5H,1H3;5-6H,4H2,1-3H3. The van der Waals surface area contributed by atoms with Crippen LogP contribution in [0.4, 0.5) is 22.0 Å². The molecule has 3 unspecified atom stereocenters. The smallest absolute Gasteiger partial charge is 0.416 e. The molecule has 1 N–H and O–H groups in total. The highest BCUT2D eigenvalue weighted by atomic mass is 32.2. The minimum atomic E-state index is -4.21. The zero-order chi connectivity index (χ0) is 26.9. The van der Waals surface area contributed by atoms with Gasteiger partial charge >= 0.3 is 6.18 Å². The first-order valence-corrected chi connectivity index (χ1v) is 12.9. The Kier molecular flexibility index (Phi) is 11.2. The highest BCUT2D eigenvalue weighted by Crippen LogP contribution is 2.50. The SMILES string of the molecule is CCC(C)SNC.Cc1ccc(C(F)(F)F)cc1.O=CC12CCCCC1COc1c(F)ccc(F)c12. The van der Waals surface area contributed by atoms with Crippen molar-refractivity contribution in [2.75, 3.05) is 13.7 Å². The molecule has 0 spiro atoms. The molecule has 0 aromatic heterocycles. The summed E-state index contributed by atoms with van der Waals surface area (Å²) in [6.45, 7) is 6.45. The van der Waals surface area contributed by atoms with Gasteiger partial charge in [-0.3, -0.25) is 4.72 Å². The number of hydrogen-bond donors (Lipinski definition) is 1. The molecule has 36 heavy (non-hydrogen) atoms. The molecule has 2 aliphatic rings. The van der Waals surface area contributed by atoms with E-state index in [1.54, 1.807) is 18.9 Å². The molecule has 2 aromatic carbocycles. The molecule has 1 heterocycles. The van der Waals surface area contributed by atoms with Crippen LogP contribution in [0.2, 0.25) is 0 Å². The van der Waals surface area contributed by atoms with E-state index < -0.39 is 28.8 Å². The maximum absolute atomic E-state index is 14.0. The molecular formula is C27H34F5NO2S. The van der Waals surface area contributed by atoms with Crippen LogP contribution in [0, 0.1) is 24.5 Å². The molecule has 2 aromatic rings. The Morgan fingerprint density at radius 1 is 1.14 bits per heavy atom. The lowest BCUT2D eigenvalue weighted by Gasteiger charge is -2.44. The van der Waals surface area contributed by atoms with Gasteiger partial charge in [0.15, 0.2) is 11.6 Å². The lowest BCUT2D eigenvalue weighted by Crippen LogP contribution is -2.46. The Bertz CT molecular complexity index is 983. The van der Waals surface area contributed by atoms with Crippen LogP contribution < -0.4 is 9.46 Å². The van der Waals surface area contributed by atoms with Gasteiger partial charge in [-0.25, -0.2) is 8.78 Å². The number of carbonyl (C=O) groups excluding carboxylic acids is 1. The third-order valence-corrected chi connectivity index (χ3v) is 7.53. The number of nitrogens with one attached hydrogen (secondary N) is 1. The number of aryl methyl sites for hydroxylation is 1. The van der Waals surface area contributed by atoms with Crippen LogP contribution >= 0.6 is 11.9 Å². The Hall–Kier alpha value is -2.13. The van der Waals surface area contributed by atoms with Crippen molar-refractivity contribution in [1.82, 2.24) is 4.72 Å². The van der Waals surface area contributed by atoms with Gasteiger partial charge in [-0.2, -0.15) is 13.2 Å². The highest BCUT2D eigenvalue weighted by molar-refractivity contribution is 7.97. The summed E-state index contributed by atoms with van der Waals surface area (Å²) < 4.78 is 71.9. The van der Waals surface area contributed by atoms with Gasteiger partial charge in [0, 0.05) is 16.7 Å². The van der Waals surface area contributed by atoms with E-state index in [-0.39, 0.29) is 17.2 Å². The van der Waals surface area contributed by atoms with Gasteiger partial charge in [-0.1, -0.05) is 56.3 Å². The fourth-order valence-corrected chi connectivity index (χ4v) is 4.93. The Morgan fingerprint density at radius 3 is 2.31 bits per heavy atom.